The second-order valence-corrected chi connectivity index (χ2v) is 7.69. The van der Waals surface area contributed by atoms with Crippen molar-refractivity contribution in [3.05, 3.63) is 34.0 Å². The fourth-order valence-corrected chi connectivity index (χ4v) is 4.27. The van der Waals surface area contributed by atoms with Gasteiger partial charge in [0.1, 0.15) is 11.6 Å². The second-order valence-electron chi connectivity index (χ2n) is 7.69. The first-order valence-electron chi connectivity index (χ1n) is 9.92. The zero-order valence-electron chi connectivity index (χ0n) is 16.5. The molecule has 2 aromatic heterocycles. The van der Waals surface area contributed by atoms with Crippen molar-refractivity contribution in [2.45, 2.75) is 59.4 Å². The van der Waals surface area contributed by atoms with Crippen LogP contribution in [0, 0.1) is 20.8 Å². The summed E-state index contributed by atoms with van der Waals surface area (Å²) in [5.74, 6) is 2.10. The van der Waals surface area contributed by atoms with E-state index in [9.17, 15) is 4.79 Å². The number of H-pyrrole nitrogens is 1. The van der Waals surface area contributed by atoms with Crippen molar-refractivity contribution >= 4 is 11.7 Å². The number of carbonyl (C=O) groups is 1. The number of amides is 1. The minimum atomic E-state index is 0.194. The van der Waals surface area contributed by atoms with E-state index in [0.717, 1.165) is 66.8 Å². The Morgan fingerprint density at radius 1 is 1.11 bits per heavy atom. The van der Waals surface area contributed by atoms with Gasteiger partial charge in [0.05, 0.1) is 17.9 Å². The van der Waals surface area contributed by atoms with Crippen molar-refractivity contribution in [3.63, 3.8) is 0 Å². The fourth-order valence-electron chi connectivity index (χ4n) is 4.27. The molecule has 0 bridgehead atoms. The Morgan fingerprint density at radius 3 is 2.59 bits per heavy atom. The highest BCUT2D eigenvalue weighted by Gasteiger charge is 2.27. The van der Waals surface area contributed by atoms with E-state index in [0.29, 0.717) is 13.0 Å². The summed E-state index contributed by atoms with van der Waals surface area (Å²) >= 11 is 0. The summed E-state index contributed by atoms with van der Waals surface area (Å²) in [6, 6.07) is 0. The zero-order valence-corrected chi connectivity index (χ0v) is 16.5. The van der Waals surface area contributed by atoms with Gasteiger partial charge in [0.15, 0.2) is 0 Å². The minimum Gasteiger partial charge on any atom is -0.356 e. The van der Waals surface area contributed by atoms with E-state index >= 15 is 0 Å². The predicted molar refractivity (Wildman–Crippen MR) is 104 cm³/mol. The first-order chi connectivity index (χ1) is 13.0. The molecule has 2 aliphatic rings. The van der Waals surface area contributed by atoms with Gasteiger partial charge >= 0.3 is 0 Å². The molecule has 1 saturated heterocycles. The molecule has 0 atom stereocenters. The molecule has 0 aliphatic carbocycles. The van der Waals surface area contributed by atoms with Crippen LogP contribution in [0.3, 0.4) is 0 Å². The number of carbonyl (C=O) groups excluding carboxylic acids is 1. The summed E-state index contributed by atoms with van der Waals surface area (Å²) in [5, 5.41) is 7.22. The van der Waals surface area contributed by atoms with E-state index in [1.165, 1.54) is 18.4 Å². The van der Waals surface area contributed by atoms with Crippen LogP contribution in [-0.2, 0) is 24.2 Å². The molecule has 0 spiro atoms. The Balaban J connectivity index is 1.47. The van der Waals surface area contributed by atoms with Gasteiger partial charge in [-0.2, -0.15) is 5.10 Å². The summed E-state index contributed by atoms with van der Waals surface area (Å²) in [5.41, 5.74) is 5.48. The molecular formula is C20H28N6O. The van der Waals surface area contributed by atoms with Crippen molar-refractivity contribution in [1.29, 1.82) is 0 Å². The van der Waals surface area contributed by atoms with Crippen molar-refractivity contribution in [1.82, 2.24) is 25.1 Å². The molecule has 144 valence electrons. The molecule has 27 heavy (non-hydrogen) atoms. The number of fused-ring (bicyclic) bond motifs is 1. The Labute approximate surface area is 160 Å². The molecule has 1 amide bonds. The van der Waals surface area contributed by atoms with Gasteiger partial charge in [0.25, 0.3) is 0 Å². The van der Waals surface area contributed by atoms with Crippen LogP contribution in [0.15, 0.2) is 0 Å². The van der Waals surface area contributed by atoms with Gasteiger partial charge in [-0.15, -0.1) is 0 Å². The van der Waals surface area contributed by atoms with E-state index in [1.807, 2.05) is 25.7 Å². The van der Waals surface area contributed by atoms with E-state index in [1.54, 1.807) is 0 Å². The first-order valence-corrected chi connectivity index (χ1v) is 9.92. The highest BCUT2D eigenvalue weighted by Crippen LogP contribution is 2.29. The number of rotatable bonds is 4. The number of aromatic nitrogens is 4. The molecule has 2 aromatic rings. The topological polar surface area (TPSA) is 78.0 Å². The molecule has 4 rings (SSSR count). The van der Waals surface area contributed by atoms with Crippen LogP contribution in [0.2, 0.25) is 0 Å². The molecule has 0 aromatic carbocycles. The molecule has 4 heterocycles. The Bertz CT molecular complexity index is 833. The SMILES string of the molecule is Cc1nc2c(c(N3CCCC3)n1)CCN(C(=O)CCc1c(C)n[nH]c1C)C2. The second kappa shape index (κ2) is 7.29. The predicted octanol–water partition coefficient (Wildman–Crippen LogP) is 2.24. The molecule has 2 aliphatic heterocycles. The van der Waals surface area contributed by atoms with Crippen molar-refractivity contribution in [3.8, 4) is 0 Å². The number of anilines is 1. The van der Waals surface area contributed by atoms with E-state index < -0.39 is 0 Å². The Kier molecular flexibility index (Phi) is 4.85. The first kappa shape index (κ1) is 17.9. The summed E-state index contributed by atoms with van der Waals surface area (Å²) in [4.78, 5) is 26.5. The monoisotopic (exact) mass is 368 g/mol. The smallest absolute Gasteiger partial charge is 0.223 e. The maximum absolute atomic E-state index is 12.8. The van der Waals surface area contributed by atoms with Crippen LogP contribution in [0.1, 0.15) is 53.3 Å². The lowest BCUT2D eigenvalue weighted by Crippen LogP contribution is -2.38. The van der Waals surface area contributed by atoms with Gasteiger partial charge < -0.3 is 9.80 Å². The maximum Gasteiger partial charge on any atom is 0.223 e. The highest BCUT2D eigenvalue weighted by atomic mass is 16.2. The van der Waals surface area contributed by atoms with Gasteiger partial charge in [0.2, 0.25) is 5.91 Å². The van der Waals surface area contributed by atoms with Crippen molar-refractivity contribution in [2.24, 2.45) is 0 Å². The molecule has 7 heteroatoms. The van der Waals surface area contributed by atoms with Gasteiger partial charge in [-0.05, 0) is 52.0 Å². The molecule has 0 radical (unpaired) electrons. The Hall–Kier alpha value is -2.44. The van der Waals surface area contributed by atoms with Crippen LogP contribution in [0.25, 0.3) is 0 Å². The third-order valence-corrected chi connectivity index (χ3v) is 5.78. The summed E-state index contributed by atoms with van der Waals surface area (Å²) in [7, 11) is 0. The number of nitrogens with zero attached hydrogens (tertiary/aromatic N) is 5. The average Bonchev–Trinajstić information content (AvgIpc) is 3.29. The zero-order chi connectivity index (χ0) is 19.0. The summed E-state index contributed by atoms with van der Waals surface area (Å²) in [6.07, 6.45) is 4.55. The summed E-state index contributed by atoms with van der Waals surface area (Å²) < 4.78 is 0. The third-order valence-electron chi connectivity index (χ3n) is 5.78. The van der Waals surface area contributed by atoms with Crippen LogP contribution in [-0.4, -0.2) is 50.6 Å². The number of hydrogen-bond donors (Lipinski definition) is 1. The normalized spacial score (nSPS) is 16.7. The number of nitrogens with one attached hydrogen (secondary N) is 1. The van der Waals surface area contributed by atoms with Gasteiger partial charge in [0, 0.05) is 37.3 Å². The van der Waals surface area contributed by atoms with Gasteiger partial charge in [-0.25, -0.2) is 9.97 Å². The van der Waals surface area contributed by atoms with Crippen LogP contribution in [0.5, 0.6) is 0 Å². The molecule has 0 saturated carbocycles. The van der Waals surface area contributed by atoms with Crippen LogP contribution in [0.4, 0.5) is 5.82 Å². The van der Waals surface area contributed by atoms with Crippen molar-refractivity contribution < 1.29 is 4.79 Å². The Morgan fingerprint density at radius 2 is 1.89 bits per heavy atom. The molecule has 1 fully saturated rings. The van der Waals surface area contributed by atoms with Gasteiger partial charge in [-0.1, -0.05) is 0 Å². The lowest BCUT2D eigenvalue weighted by molar-refractivity contribution is -0.132. The van der Waals surface area contributed by atoms with Gasteiger partial charge in [-0.3, -0.25) is 9.89 Å². The van der Waals surface area contributed by atoms with E-state index in [-0.39, 0.29) is 5.91 Å². The fraction of sp³-hybridized carbons (Fsp3) is 0.600. The van der Waals surface area contributed by atoms with Crippen molar-refractivity contribution in [2.75, 3.05) is 24.5 Å². The number of aryl methyl sites for hydroxylation is 3. The lowest BCUT2D eigenvalue weighted by atomic mass is 10.0. The number of hydrogen-bond acceptors (Lipinski definition) is 5. The standard InChI is InChI=1S/C20H28N6O/c1-13-16(14(2)24-23-13)6-7-19(27)26-11-8-17-18(12-26)21-15(3)22-20(17)25-9-4-5-10-25/h4-12H2,1-3H3,(H,23,24). The third kappa shape index (κ3) is 3.55. The quantitative estimate of drug-likeness (QED) is 0.895. The molecular weight excluding hydrogens is 340 g/mol. The number of aromatic amines is 1. The lowest BCUT2D eigenvalue weighted by Gasteiger charge is -2.31. The maximum atomic E-state index is 12.8. The van der Waals surface area contributed by atoms with E-state index in [4.69, 9.17) is 4.98 Å². The largest absolute Gasteiger partial charge is 0.356 e. The average molecular weight is 368 g/mol. The van der Waals surface area contributed by atoms with Crippen LogP contribution >= 0.6 is 0 Å². The molecule has 0 unspecified atom stereocenters. The van der Waals surface area contributed by atoms with Crippen LogP contribution < -0.4 is 4.90 Å². The molecule has 7 nitrogen and oxygen atoms in total. The molecule has 1 N–H and O–H groups in total. The highest BCUT2D eigenvalue weighted by molar-refractivity contribution is 5.77. The van der Waals surface area contributed by atoms with E-state index in [2.05, 4.69) is 20.1 Å². The summed E-state index contributed by atoms with van der Waals surface area (Å²) in [6.45, 7) is 9.45. The minimum absolute atomic E-state index is 0.194.